The molecular formula is C12H20N4O3. The van der Waals surface area contributed by atoms with Gasteiger partial charge in [0.05, 0.1) is 11.8 Å². The second-order valence-electron chi connectivity index (χ2n) is 4.69. The predicted octanol–water partition coefficient (Wildman–Crippen LogP) is -0.183. The Morgan fingerprint density at radius 2 is 2.00 bits per heavy atom. The predicted molar refractivity (Wildman–Crippen MR) is 70.0 cm³/mol. The molecule has 19 heavy (non-hydrogen) atoms. The standard InChI is InChI=1S/C12H20N4O3/c1-9-10(7-13-15(9)4)12(19)16(8-11(17)18)6-5-14(2)3/h7H,5-6,8H2,1-4H3,(H,17,18). The van der Waals surface area contributed by atoms with Crippen LogP contribution in [0.5, 0.6) is 0 Å². The first kappa shape index (κ1) is 15.2. The number of aliphatic carboxylic acids is 1. The van der Waals surface area contributed by atoms with E-state index in [2.05, 4.69) is 5.10 Å². The third-order valence-electron chi connectivity index (χ3n) is 2.90. The first-order valence-corrected chi connectivity index (χ1v) is 5.97. The molecule has 1 aromatic rings. The molecule has 0 fully saturated rings. The average Bonchev–Trinajstić information content (AvgIpc) is 2.64. The van der Waals surface area contributed by atoms with E-state index >= 15 is 0 Å². The quantitative estimate of drug-likeness (QED) is 0.774. The number of hydrogen-bond donors (Lipinski definition) is 1. The van der Waals surface area contributed by atoms with Gasteiger partial charge in [-0.1, -0.05) is 0 Å². The third-order valence-corrected chi connectivity index (χ3v) is 2.90. The van der Waals surface area contributed by atoms with Gasteiger partial charge >= 0.3 is 5.97 Å². The topological polar surface area (TPSA) is 78.7 Å². The fourth-order valence-electron chi connectivity index (χ4n) is 1.62. The summed E-state index contributed by atoms with van der Waals surface area (Å²) in [6.45, 7) is 2.46. The van der Waals surface area contributed by atoms with Crippen LogP contribution >= 0.6 is 0 Å². The van der Waals surface area contributed by atoms with Crippen LogP contribution in [0.1, 0.15) is 16.1 Å². The van der Waals surface area contributed by atoms with Crippen LogP contribution < -0.4 is 0 Å². The number of hydrogen-bond acceptors (Lipinski definition) is 4. The smallest absolute Gasteiger partial charge is 0.323 e. The molecular weight excluding hydrogens is 248 g/mol. The van der Waals surface area contributed by atoms with Crippen LogP contribution in [0.25, 0.3) is 0 Å². The van der Waals surface area contributed by atoms with Crippen molar-refractivity contribution in [2.45, 2.75) is 6.92 Å². The van der Waals surface area contributed by atoms with Gasteiger partial charge in [-0.2, -0.15) is 5.10 Å². The molecule has 0 atom stereocenters. The fraction of sp³-hybridized carbons (Fsp3) is 0.583. The van der Waals surface area contributed by atoms with Crippen molar-refractivity contribution in [1.29, 1.82) is 0 Å². The molecule has 1 rings (SSSR count). The summed E-state index contributed by atoms with van der Waals surface area (Å²) in [5.74, 6) is -1.32. The Balaban J connectivity index is 2.87. The van der Waals surface area contributed by atoms with Crippen LogP contribution in [0, 0.1) is 6.92 Å². The van der Waals surface area contributed by atoms with Gasteiger partial charge in [-0.25, -0.2) is 0 Å². The third kappa shape index (κ3) is 4.06. The molecule has 0 aromatic carbocycles. The minimum absolute atomic E-state index is 0.296. The van der Waals surface area contributed by atoms with E-state index in [1.54, 1.807) is 18.7 Å². The summed E-state index contributed by atoms with van der Waals surface area (Å²) >= 11 is 0. The molecule has 1 N–H and O–H groups in total. The van der Waals surface area contributed by atoms with Crippen LogP contribution in [-0.4, -0.2) is 70.3 Å². The second-order valence-corrected chi connectivity index (χ2v) is 4.69. The molecule has 1 aromatic heterocycles. The SMILES string of the molecule is Cc1c(C(=O)N(CCN(C)C)CC(=O)O)cnn1C. The Kier molecular flexibility index (Phi) is 5.05. The Morgan fingerprint density at radius 3 is 2.42 bits per heavy atom. The highest BCUT2D eigenvalue weighted by molar-refractivity contribution is 5.96. The summed E-state index contributed by atoms with van der Waals surface area (Å²) in [7, 11) is 5.49. The van der Waals surface area contributed by atoms with Gasteiger partial charge in [0.15, 0.2) is 0 Å². The maximum Gasteiger partial charge on any atom is 0.323 e. The first-order chi connectivity index (χ1) is 8.82. The summed E-state index contributed by atoms with van der Waals surface area (Å²) in [5, 5.41) is 12.9. The van der Waals surface area contributed by atoms with Crippen molar-refractivity contribution >= 4 is 11.9 Å². The maximum atomic E-state index is 12.3. The highest BCUT2D eigenvalue weighted by atomic mass is 16.4. The van der Waals surface area contributed by atoms with Crippen LogP contribution in [0.4, 0.5) is 0 Å². The largest absolute Gasteiger partial charge is 0.480 e. The lowest BCUT2D eigenvalue weighted by Gasteiger charge is -2.22. The van der Waals surface area contributed by atoms with E-state index in [9.17, 15) is 9.59 Å². The van der Waals surface area contributed by atoms with Gasteiger partial charge in [-0.05, 0) is 21.0 Å². The molecule has 0 spiro atoms. The van der Waals surface area contributed by atoms with Crippen molar-refractivity contribution in [2.75, 3.05) is 33.7 Å². The number of carboxylic acid groups (broad SMARTS) is 1. The summed E-state index contributed by atoms with van der Waals surface area (Å²) in [6.07, 6.45) is 1.47. The van der Waals surface area contributed by atoms with Gasteiger partial charge in [0, 0.05) is 25.8 Å². The van der Waals surface area contributed by atoms with E-state index < -0.39 is 5.97 Å². The lowest BCUT2D eigenvalue weighted by Crippen LogP contribution is -2.40. The van der Waals surface area contributed by atoms with E-state index in [0.717, 1.165) is 5.69 Å². The molecule has 0 saturated heterocycles. The van der Waals surface area contributed by atoms with Gasteiger partial charge in [0.25, 0.3) is 5.91 Å². The zero-order valence-electron chi connectivity index (χ0n) is 11.8. The Morgan fingerprint density at radius 1 is 1.37 bits per heavy atom. The minimum Gasteiger partial charge on any atom is -0.480 e. The van der Waals surface area contributed by atoms with Gasteiger partial charge in [0.2, 0.25) is 0 Å². The molecule has 1 amide bonds. The number of carboxylic acids is 1. The maximum absolute atomic E-state index is 12.3. The number of rotatable bonds is 6. The zero-order chi connectivity index (χ0) is 14.6. The van der Waals surface area contributed by atoms with Crippen LogP contribution in [0.2, 0.25) is 0 Å². The number of carbonyl (C=O) groups excluding carboxylic acids is 1. The lowest BCUT2D eigenvalue weighted by atomic mass is 10.2. The highest BCUT2D eigenvalue weighted by Gasteiger charge is 2.21. The van der Waals surface area contributed by atoms with Crippen molar-refractivity contribution < 1.29 is 14.7 Å². The van der Waals surface area contributed by atoms with Crippen LogP contribution in [0.3, 0.4) is 0 Å². The summed E-state index contributed by atoms with van der Waals surface area (Å²) < 4.78 is 1.60. The highest BCUT2D eigenvalue weighted by Crippen LogP contribution is 2.09. The molecule has 7 nitrogen and oxygen atoms in total. The van der Waals surface area contributed by atoms with Gasteiger partial charge in [-0.3, -0.25) is 14.3 Å². The molecule has 0 aliphatic heterocycles. The van der Waals surface area contributed by atoms with Gasteiger partial charge in [-0.15, -0.1) is 0 Å². The molecule has 0 saturated carbocycles. The van der Waals surface area contributed by atoms with Crippen molar-refractivity contribution in [3.63, 3.8) is 0 Å². The van der Waals surface area contributed by atoms with E-state index in [4.69, 9.17) is 5.11 Å². The average molecular weight is 268 g/mol. The van der Waals surface area contributed by atoms with Crippen molar-refractivity contribution in [1.82, 2.24) is 19.6 Å². The Bertz CT molecular complexity index is 468. The monoisotopic (exact) mass is 268 g/mol. The molecule has 0 radical (unpaired) electrons. The van der Waals surface area contributed by atoms with Crippen molar-refractivity contribution in [3.8, 4) is 0 Å². The van der Waals surface area contributed by atoms with Crippen molar-refractivity contribution in [3.05, 3.63) is 17.5 Å². The number of likely N-dealkylation sites (N-methyl/N-ethyl adjacent to an activating group) is 1. The van der Waals surface area contributed by atoms with E-state index in [0.29, 0.717) is 18.7 Å². The van der Waals surface area contributed by atoms with Gasteiger partial charge in [0.1, 0.15) is 6.54 Å². The van der Waals surface area contributed by atoms with Crippen LogP contribution in [0.15, 0.2) is 6.20 Å². The number of amides is 1. The first-order valence-electron chi connectivity index (χ1n) is 5.97. The van der Waals surface area contributed by atoms with E-state index in [1.165, 1.54) is 11.1 Å². The molecule has 7 heteroatoms. The molecule has 0 aliphatic rings. The molecule has 0 unspecified atom stereocenters. The number of carbonyl (C=O) groups is 2. The molecule has 106 valence electrons. The molecule has 1 heterocycles. The summed E-state index contributed by atoms with van der Waals surface area (Å²) in [4.78, 5) is 26.4. The Hall–Kier alpha value is -1.89. The number of nitrogens with zero attached hydrogens (tertiary/aromatic N) is 4. The normalized spacial score (nSPS) is 10.8. The minimum atomic E-state index is -1.02. The van der Waals surface area contributed by atoms with Crippen molar-refractivity contribution in [2.24, 2.45) is 7.05 Å². The molecule has 0 aliphatic carbocycles. The van der Waals surface area contributed by atoms with Crippen LogP contribution in [-0.2, 0) is 11.8 Å². The second kappa shape index (κ2) is 6.33. The zero-order valence-corrected chi connectivity index (χ0v) is 11.8. The van der Waals surface area contributed by atoms with E-state index in [1.807, 2.05) is 19.0 Å². The number of aryl methyl sites for hydroxylation is 1. The lowest BCUT2D eigenvalue weighted by molar-refractivity contribution is -0.137. The number of aromatic nitrogens is 2. The molecule has 0 bridgehead atoms. The van der Waals surface area contributed by atoms with E-state index in [-0.39, 0.29) is 12.5 Å². The summed E-state index contributed by atoms with van der Waals surface area (Å²) in [5.41, 5.74) is 1.17. The van der Waals surface area contributed by atoms with Gasteiger partial charge < -0.3 is 14.9 Å². The Labute approximate surface area is 112 Å². The fourth-order valence-corrected chi connectivity index (χ4v) is 1.62. The summed E-state index contributed by atoms with van der Waals surface area (Å²) in [6, 6.07) is 0.